The van der Waals surface area contributed by atoms with Crippen molar-refractivity contribution < 1.29 is 4.79 Å². The molecular weight excluding hydrogens is 380 g/mol. The molecule has 0 saturated carbocycles. The smallest absolute Gasteiger partial charge is 0.237 e. The summed E-state index contributed by atoms with van der Waals surface area (Å²) < 4.78 is 1.82. The Hall–Kier alpha value is -3.12. The predicted octanol–water partition coefficient (Wildman–Crippen LogP) is 4.77. The number of carbonyl (C=O) groups is 1. The van der Waals surface area contributed by atoms with Crippen molar-refractivity contribution in [2.24, 2.45) is 0 Å². The van der Waals surface area contributed by atoms with E-state index in [0.29, 0.717) is 5.75 Å². The van der Waals surface area contributed by atoms with E-state index in [4.69, 9.17) is 5.10 Å². The minimum atomic E-state index is 0.0268. The predicted molar refractivity (Wildman–Crippen MR) is 118 cm³/mol. The third kappa shape index (κ3) is 4.03. The second-order valence-electron chi connectivity index (χ2n) is 6.97. The van der Waals surface area contributed by atoms with Gasteiger partial charge in [-0.05, 0) is 49.2 Å². The minimum Gasteiger partial charge on any atom is -0.315 e. The first-order chi connectivity index (χ1) is 14.0. The van der Waals surface area contributed by atoms with Crippen LogP contribution < -0.4 is 4.90 Å². The number of rotatable bonds is 5. The lowest BCUT2D eigenvalue weighted by Gasteiger charge is -2.16. The number of fused-ring (bicyclic) bond motifs is 1. The molecule has 4 aromatic rings. The number of benzene rings is 2. The summed E-state index contributed by atoms with van der Waals surface area (Å²) in [4.78, 5) is 18.8. The zero-order chi connectivity index (χ0) is 20.4. The summed E-state index contributed by atoms with van der Waals surface area (Å²) in [5.74, 6) is 0.335. The summed E-state index contributed by atoms with van der Waals surface area (Å²) in [5.41, 5.74) is 6.26. The Labute approximate surface area is 174 Å². The van der Waals surface area contributed by atoms with E-state index in [1.54, 1.807) is 18.1 Å². The summed E-state index contributed by atoms with van der Waals surface area (Å²) in [7, 11) is 1.79. The Morgan fingerprint density at radius 1 is 1.07 bits per heavy atom. The number of hydrogen-bond acceptors (Lipinski definition) is 4. The third-order valence-electron chi connectivity index (χ3n) is 5.01. The Bertz CT molecular complexity index is 1170. The van der Waals surface area contributed by atoms with Gasteiger partial charge in [0.15, 0.2) is 0 Å². The largest absolute Gasteiger partial charge is 0.315 e. The highest BCUT2D eigenvalue weighted by Crippen LogP contribution is 2.27. The van der Waals surface area contributed by atoms with Gasteiger partial charge in [-0.25, -0.2) is 9.50 Å². The highest BCUT2D eigenvalue weighted by Gasteiger charge is 2.14. The first-order valence-electron chi connectivity index (χ1n) is 9.39. The van der Waals surface area contributed by atoms with Gasteiger partial charge < -0.3 is 4.90 Å². The van der Waals surface area contributed by atoms with Crippen LogP contribution in [0.4, 0.5) is 5.69 Å². The van der Waals surface area contributed by atoms with Crippen molar-refractivity contribution in [3.8, 4) is 11.3 Å². The number of amides is 1. The van der Waals surface area contributed by atoms with Gasteiger partial charge in [-0.15, -0.1) is 0 Å². The topological polar surface area (TPSA) is 50.5 Å². The van der Waals surface area contributed by atoms with E-state index in [1.807, 2.05) is 47.1 Å². The van der Waals surface area contributed by atoms with Crippen molar-refractivity contribution in [3.63, 3.8) is 0 Å². The highest BCUT2D eigenvalue weighted by atomic mass is 32.2. The minimum absolute atomic E-state index is 0.0268. The van der Waals surface area contributed by atoms with Gasteiger partial charge in [-0.1, -0.05) is 42.1 Å². The van der Waals surface area contributed by atoms with E-state index in [-0.39, 0.29) is 5.91 Å². The van der Waals surface area contributed by atoms with Gasteiger partial charge in [-0.3, -0.25) is 4.79 Å². The zero-order valence-corrected chi connectivity index (χ0v) is 17.5. The lowest BCUT2D eigenvalue weighted by Crippen LogP contribution is -2.27. The fourth-order valence-corrected chi connectivity index (χ4v) is 3.96. The molecule has 0 N–H and O–H groups in total. The summed E-state index contributed by atoms with van der Waals surface area (Å²) in [6.45, 7) is 4.21. The fraction of sp³-hybridized carbons (Fsp3) is 0.174. The van der Waals surface area contributed by atoms with Crippen LogP contribution in [-0.4, -0.2) is 33.3 Å². The van der Waals surface area contributed by atoms with E-state index < -0.39 is 0 Å². The zero-order valence-electron chi connectivity index (χ0n) is 16.7. The van der Waals surface area contributed by atoms with Crippen LogP contribution in [0, 0.1) is 13.8 Å². The van der Waals surface area contributed by atoms with Crippen molar-refractivity contribution >= 4 is 28.9 Å². The van der Waals surface area contributed by atoms with Crippen LogP contribution in [0.15, 0.2) is 72.0 Å². The average Bonchev–Trinajstić information content (AvgIpc) is 3.19. The van der Waals surface area contributed by atoms with Gasteiger partial charge in [0.25, 0.3) is 0 Å². The number of anilines is 1. The molecule has 5 nitrogen and oxygen atoms in total. The van der Waals surface area contributed by atoms with Crippen molar-refractivity contribution in [2.45, 2.75) is 18.9 Å². The van der Waals surface area contributed by atoms with Gasteiger partial charge >= 0.3 is 0 Å². The first-order valence-corrected chi connectivity index (χ1v) is 10.4. The molecule has 0 bridgehead atoms. The van der Waals surface area contributed by atoms with Crippen LogP contribution >= 0.6 is 11.8 Å². The van der Waals surface area contributed by atoms with E-state index >= 15 is 0 Å². The molecule has 0 atom stereocenters. The average molecular weight is 403 g/mol. The molecule has 0 spiro atoms. The normalized spacial score (nSPS) is 11.0. The Morgan fingerprint density at radius 2 is 1.86 bits per heavy atom. The molecule has 0 fully saturated rings. The van der Waals surface area contributed by atoms with Crippen LogP contribution in [0.1, 0.15) is 11.1 Å². The SMILES string of the molecule is Cc1ccc(-c2cc3c(SCC(=O)N(C)c4ccccc4)nccn3n2)cc1C. The maximum Gasteiger partial charge on any atom is 0.237 e. The second-order valence-corrected chi connectivity index (χ2v) is 7.93. The van der Waals surface area contributed by atoms with Crippen molar-refractivity contribution in [3.05, 3.63) is 78.1 Å². The standard InChI is InChI=1S/C23H22N4OS/c1-16-9-10-18(13-17(16)2)20-14-21-23(24-11-12-27(21)25-20)29-15-22(28)26(3)19-7-5-4-6-8-19/h4-14H,15H2,1-3H3. The number of aromatic nitrogens is 3. The van der Waals surface area contributed by atoms with Gasteiger partial charge in [0.05, 0.1) is 17.0 Å². The number of thioether (sulfide) groups is 1. The third-order valence-corrected chi connectivity index (χ3v) is 5.99. The highest BCUT2D eigenvalue weighted by molar-refractivity contribution is 8.00. The Kier molecular flexibility index (Phi) is 5.36. The monoisotopic (exact) mass is 402 g/mol. The number of nitrogens with zero attached hydrogens (tertiary/aromatic N) is 4. The van der Waals surface area contributed by atoms with E-state index in [2.05, 4.69) is 37.0 Å². The molecule has 0 saturated heterocycles. The molecule has 146 valence electrons. The molecule has 0 radical (unpaired) electrons. The lowest BCUT2D eigenvalue weighted by atomic mass is 10.0. The summed E-state index contributed by atoms with van der Waals surface area (Å²) in [5, 5.41) is 5.49. The Balaban J connectivity index is 1.56. The molecule has 2 heterocycles. The van der Waals surface area contributed by atoms with Crippen LogP contribution in [-0.2, 0) is 4.79 Å². The lowest BCUT2D eigenvalue weighted by molar-refractivity contribution is -0.115. The summed E-state index contributed by atoms with van der Waals surface area (Å²) in [6.07, 6.45) is 3.56. The van der Waals surface area contributed by atoms with Crippen LogP contribution in [0.5, 0.6) is 0 Å². The van der Waals surface area contributed by atoms with Gasteiger partial charge in [0, 0.05) is 30.7 Å². The van der Waals surface area contributed by atoms with Crippen LogP contribution in [0.3, 0.4) is 0 Å². The molecule has 4 rings (SSSR count). The molecule has 0 unspecified atom stereocenters. The molecule has 0 aliphatic carbocycles. The molecule has 0 aliphatic heterocycles. The fourth-order valence-electron chi connectivity index (χ4n) is 3.07. The number of aryl methyl sites for hydroxylation is 2. The van der Waals surface area contributed by atoms with Crippen molar-refractivity contribution in [1.82, 2.24) is 14.6 Å². The Morgan fingerprint density at radius 3 is 2.62 bits per heavy atom. The first kappa shape index (κ1) is 19.2. The van der Waals surface area contributed by atoms with Gasteiger partial charge in [0.1, 0.15) is 5.03 Å². The van der Waals surface area contributed by atoms with Crippen LogP contribution in [0.2, 0.25) is 0 Å². The molecule has 2 aromatic carbocycles. The number of hydrogen-bond donors (Lipinski definition) is 0. The maximum absolute atomic E-state index is 12.6. The summed E-state index contributed by atoms with van der Waals surface area (Å²) in [6, 6.07) is 18.0. The molecule has 29 heavy (non-hydrogen) atoms. The summed E-state index contributed by atoms with van der Waals surface area (Å²) >= 11 is 1.43. The van der Waals surface area contributed by atoms with E-state index in [0.717, 1.165) is 27.5 Å². The van der Waals surface area contributed by atoms with Gasteiger partial charge in [-0.2, -0.15) is 5.10 Å². The maximum atomic E-state index is 12.6. The van der Waals surface area contributed by atoms with Crippen molar-refractivity contribution in [2.75, 3.05) is 17.7 Å². The quantitative estimate of drug-likeness (QED) is 0.451. The van der Waals surface area contributed by atoms with Crippen molar-refractivity contribution in [1.29, 1.82) is 0 Å². The van der Waals surface area contributed by atoms with E-state index in [9.17, 15) is 4.79 Å². The van der Waals surface area contributed by atoms with E-state index in [1.165, 1.54) is 22.9 Å². The second kappa shape index (κ2) is 8.09. The van der Waals surface area contributed by atoms with Gasteiger partial charge in [0.2, 0.25) is 5.91 Å². The van der Waals surface area contributed by atoms with Crippen LogP contribution in [0.25, 0.3) is 16.8 Å². The molecule has 2 aromatic heterocycles. The molecular formula is C23H22N4OS. The molecule has 1 amide bonds. The number of para-hydroxylation sites is 1. The number of carbonyl (C=O) groups excluding carboxylic acids is 1. The molecule has 0 aliphatic rings. The molecule has 6 heteroatoms.